The Labute approximate surface area is 117 Å². The van der Waals surface area contributed by atoms with E-state index in [1.165, 1.54) is 7.11 Å². The number of benzene rings is 1. The number of ether oxygens (including phenoxy) is 2. The lowest BCUT2D eigenvalue weighted by molar-refractivity contribution is -0.143. The van der Waals surface area contributed by atoms with Crippen molar-refractivity contribution in [1.82, 2.24) is 0 Å². The highest BCUT2D eigenvalue weighted by molar-refractivity contribution is 5.92. The first kappa shape index (κ1) is 15.6. The van der Waals surface area contributed by atoms with Crippen LogP contribution in [-0.4, -0.2) is 30.9 Å². The quantitative estimate of drug-likeness (QED) is 0.562. The van der Waals surface area contributed by atoms with Crippen molar-refractivity contribution >= 4 is 17.7 Å². The maximum absolute atomic E-state index is 11.9. The van der Waals surface area contributed by atoms with Crippen LogP contribution in [0.3, 0.4) is 0 Å². The van der Waals surface area contributed by atoms with Crippen LogP contribution in [0.15, 0.2) is 43.0 Å². The zero-order valence-corrected chi connectivity index (χ0v) is 11.2. The van der Waals surface area contributed by atoms with E-state index in [1.54, 1.807) is 30.3 Å². The van der Waals surface area contributed by atoms with Crippen molar-refractivity contribution in [2.75, 3.05) is 7.11 Å². The Balaban J connectivity index is 2.72. The van der Waals surface area contributed by atoms with Crippen LogP contribution in [0.4, 0.5) is 0 Å². The molecule has 106 valence electrons. The van der Waals surface area contributed by atoms with Gasteiger partial charge in [0.15, 0.2) is 5.78 Å². The number of carbonyl (C=O) groups excluding carboxylic acids is 3. The first-order valence-corrected chi connectivity index (χ1v) is 6.05. The summed E-state index contributed by atoms with van der Waals surface area (Å²) in [7, 11) is 1.23. The molecule has 1 rings (SSSR count). The predicted octanol–water partition coefficient (Wildman–Crippen LogP) is 1.92. The molecule has 0 aromatic heterocycles. The number of rotatable bonds is 7. The average Bonchev–Trinajstić information content (AvgIpc) is 2.47. The molecule has 0 bridgehead atoms. The maximum atomic E-state index is 11.9. The average molecular weight is 276 g/mol. The van der Waals surface area contributed by atoms with Crippen LogP contribution in [0.2, 0.25) is 0 Å². The van der Waals surface area contributed by atoms with Gasteiger partial charge in [0.1, 0.15) is 6.10 Å². The third kappa shape index (κ3) is 5.06. The monoisotopic (exact) mass is 276 g/mol. The molecular formula is C15H16O5. The molecular weight excluding hydrogens is 260 g/mol. The molecule has 0 radical (unpaired) electrons. The molecule has 20 heavy (non-hydrogen) atoms. The number of hydrogen-bond acceptors (Lipinski definition) is 5. The number of hydrogen-bond donors (Lipinski definition) is 0. The first-order valence-electron chi connectivity index (χ1n) is 6.05. The number of carbonyl (C=O) groups is 3. The van der Waals surface area contributed by atoms with Crippen molar-refractivity contribution in [3.05, 3.63) is 48.6 Å². The van der Waals surface area contributed by atoms with Crippen molar-refractivity contribution in [3.63, 3.8) is 0 Å². The van der Waals surface area contributed by atoms with E-state index >= 15 is 0 Å². The Morgan fingerprint density at radius 2 is 1.85 bits per heavy atom. The Kier molecular flexibility index (Phi) is 6.16. The summed E-state index contributed by atoms with van der Waals surface area (Å²) in [6.07, 6.45) is -0.00687. The highest BCUT2D eigenvalue weighted by Crippen LogP contribution is 2.11. The van der Waals surface area contributed by atoms with Gasteiger partial charge in [-0.05, 0) is 18.2 Å². The van der Waals surface area contributed by atoms with E-state index in [0.717, 1.165) is 6.08 Å². The number of ketones is 1. The second kappa shape index (κ2) is 7.89. The lowest BCUT2D eigenvalue weighted by atomic mass is 10.1. The maximum Gasteiger partial charge on any atom is 0.338 e. The normalized spacial score (nSPS) is 11.2. The Hall–Kier alpha value is -2.43. The van der Waals surface area contributed by atoms with Crippen molar-refractivity contribution in [3.8, 4) is 0 Å². The molecule has 0 aliphatic heterocycles. The zero-order valence-electron chi connectivity index (χ0n) is 11.2. The third-order valence-electron chi connectivity index (χ3n) is 2.56. The lowest BCUT2D eigenvalue weighted by Crippen LogP contribution is -2.24. The van der Waals surface area contributed by atoms with E-state index in [2.05, 4.69) is 11.3 Å². The van der Waals surface area contributed by atoms with Gasteiger partial charge in [-0.3, -0.25) is 9.59 Å². The van der Waals surface area contributed by atoms with Gasteiger partial charge in [0, 0.05) is 6.42 Å². The molecule has 1 aromatic carbocycles. The van der Waals surface area contributed by atoms with E-state index in [4.69, 9.17) is 4.74 Å². The van der Waals surface area contributed by atoms with Crippen LogP contribution >= 0.6 is 0 Å². The van der Waals surface area contributed by atoms with Crippen LogP contribution < -0.4 is 0 Å². The fraction of sp³-hybridized carbons (Fsp3) is 0.267. The molecule has 0 fully saturated rings. The molecule has 1 atom stereocenters. The topological polar surface area (TPSA) is 69.7 Å². The van der Waals surface area contributed by atoms with Crippen LogP contribution in [0, 0.1) is 0 Å². The fourth-order valence-electron chi connectivity index (χ4n) is 1.53. The molecule has 0 saturated heterocycles. The summed E-state index contributed by atoms with van der Waals surface area (Å²) >= 11 is 0. The Morgan fingerprint density at radius 3 is 2.40 bits per heavy atom. The molecule has 1 aromatic rings. The molecule has 0 aliphatic rings. The summed E-state index contributed by atoms with van der Waals surface area (Å²) < 4.78 is 9.69. The summed E-state index contributed by atoms with van der Waals surface area (Å²) in [5, 5.41) is 0. The van der Waals surface area contributed by atoms with Crippen molar-refractivity contribution in [2.24, 2.45) is 0 Å². The smallest absolute Gasteiger partial charge is 0.338 e. The van der Waals surface area contributed by atoms with Gasteiger partial charge in [-0.15, -0.1) is 0 Å². The van der Waals surface area contributed by atoms with Gasteiger partial charge in [0.05, 0.1) is 19.1 Å². The van der Waals surface area contributed by atoms with Gasteiger partial charge in [-0.2, -0.15) is 0 Å². The zero-order chi connectivity index (χ0) is 15.0. The SMILES string of the molecule is C=CC(=O)C[C@H](CC(=O)OC)OC(=O)c1ccccc1. The van der Waals surface area contributed by atoms with Gasteiger partial charge in [0.25, 0.3) is 0 Å². The second-order valence-electron chi connectivity index (χ2n) is 4.05. The van der Waals surface area contributed by atoms with E-state index in [0.29, 0.717) is 5.56 Å². The van der Waals surface area contributed by atoms with Crippen LogP contribution in [-0.2, 0) is 19.1 Å². The Morgan fingerprint density at radius 1 is 1.20 bits per heavy atom. The molecule has 0 unspecified atom stereocenters. The van der Waals surface area contributed by atoms with Gasteiger partial charge in [0.2, 0.25) is 0 Å². The highest BCUT2D eigenvalue weighted by atomic mass is 16.6. The highest BCUT2D eigenvalue weighted by Gasteiger charge is 2.21. The van der Waals surface area contributed by atoms with E-state index < -0.39 is 18.0 Å². The van der Waals surface area contributed by atoms with Crippen LogP contribution in [0.1, 0.15) is 23.2 Å². The van der Waals surface area contributed by atoms with E-state index in [1.807, 2.05) is 0 Å². The number of esters is 2. The van der Waals surface area contributed by atoms with Crippen LogP contribution in [0.5, 0.6) is 0 Å². The summed E-state index contributed by atoms with van der Waals surface area (Å²) in [6, 6.07) is 8.34. The minimum absolute atomic E-state index is 0.100. The molecule has 0 amide bonds. The minimum Gasteiger partial charge on any atom is -0.469 e. The number of methoxy groups -OCH3 is 1. The van der Waals surface area contributed by atoms with Crippen molar-refractivity contribution in [2.45, 2.75) is 18.9 Å². The lowest BCUT2D eigenvalue weighted by Gasteiger charge is -2.15. The first-order chi connectivity index (χ1) is 9.56. The summed E-state index contributed by atoms with van der Waals surface area (Å²) in [5.41, 5.74) is 0.355. The van der Waals surface area contributed by atoms with E-state index in [-0.39, 0.29) is 18.6 Å². The summed E-state index contributed by atoms with van der Waals surface area (Å²) in [4.78, 5) is 34.5. The van der Waals surface area contributed by atoms with Crippen LogP contribution in [0.25, 0.3) is 0 Å². The molecule has 5 heteroatoms. The van der Waals surface area contributed by atoms with Crippen molar-refractivity contribution in [1.29, 1.82) is 0 Å². The molecule has 0 saturated carbocycles. The third-order valence-corrected chi connectivity index (χ3v) is 2.56. The fourth-order valence-corrected chi connectivity index (χ4v) is 1.53. The summed E-state index contributed by atoms with van der Waals surface area (Å²) in [6.45, 7) is 3.34. The van der Waals surface area contributed by atoms with Crippen molar-refractivity contribution < 1.29 is 23.9 Å². The van der Waals surface area contributed by atoms with Gasteiger partial charge < -0.3 is 9.47 Å². The minimum atomic E-state index is -0.861. The summed E-state index contributed by atoms with van der Waals surface area (Å²) in [5.74, 6) is -1.44. The van der Waals surface area contributed by atoms with Gasteiger partial charge in [-0.25, -0.2) is 4.79 Å². The second-order valence-corrected chi connectivity index (χ2v) is 4.05. The molecule has 0 heterocycles. The number of allylic oxidation sites excluding steroid dienone is 1. The molecule has 0 spiro atoms. The van der Waals surface area contributed by atoms with E-state index in [9.17, 15) is 14.4 Å². The Bertz CT molecular complexity index is 492. The molecule has 0 aliphatic carbocycles. The standard InChI is InChI=1S/C15H16O5/c1-3-12(16)9-13(10-14(17)19-2)20-15(18)11-7-5-4-6-8-11/h3-8,13H,1,9-10H2,2H3/t13-/m1/s1. The predicted molar refractivity (Wildman–Crippen MR) is 72.1 cm³/mol. The largest absolute Gasteiger partial charge is 0.469 e. The van der Waals surface area contributed by atoms with Gasteiger partial charge >= 0.3 is 11.9 Å². The molecule has 5 nitrogen and oxygen atoms in total. The molecule has 0 N–H and O–H groups in total. The van der Waals surface area contributed by atoms with Gasteiger partial charge in [-0.1, -0.05) is 24.8 Å².